The highest BCUT2D eigenvalue weighted by molar-refractivity contribution is 7.41. The third kappa shape index (κ3) is 3.65. The van der Waals surface area contributed by atoms with Gasteiger partial charge in [0.1, 0.15) is 5.16 Å². The fourth-order valence-corrected chi connectivity index (χ4v) is 2.64. The molecule has 0 fully saturated rings. The van der Waals surface area contributed by atoms with Crippen molar-refractivity contribution in [1.29, 1.82) is 0 Å². The zero-order chi connectivity index (χ0) is 15.3. The second-order valence-electron chi connectivity index (χ2n) is 4.63. The Morgan fingerprint density at radius 3 is 2.45 bits per heavy atom. The largest absolute Gasteiger partial charge is 0.481 e. The maximum absolute atomic E-state index is 11.5. The molecule has 1 aromatic heterocycles. The number of nitrogens with zero attached hydrogens (tertiary/aromatic N) is 1. The number of hydrogen-bond donors (Lipinski definition) is 3. The second kappa shape index (κ2) is 6.63. The van der Waals surface area contributed by atoms with Gasteiger partial charge in [-0.05, 0) is 31.4 Å². The van der Waals surface area contributed by atoms with Crippen molar-refractivity contribution in [2.75, 3.05) is 0 Å². The van der Waals surface area contributed by atoms with E-state index in [2.05, 4.69) is 4.98 Å². The Hall–Kier alpha value is -1.72. The normalized spacial score (nSPS) is 16.9. The Morgan fingerprint density at radius 2 is 2.05 bits per heavy atom. The smallest absolute Gasteiger partial charge is 0.319 e. The summed E-state index contributed by atoms with van der Waals surface area (Å²) in [5, 5.41) is 16.1. The van der Waals surface area contributed by atoms with Crippen molar-refractivity contribution < 1.29 is 29.3 Å². The van der Waals surface area contributed by atoms with Gasteiger partial charge in [-0.1, -0.05) is 6.07 Å². The highest BCUT2D eigenvalue weighted by atomic mass is 31.1. The fraction of sp³-hybridized carbons (Fsp3) is 0.417. The minimum absolute atomic E-state index is 0.00685. The number of carbonyl (C=O) groups is 2. The SMILES string of the molecule is CC(C(=O)O)(C(CC(=O)O)Cc1ccccn1)[PH](=O)O. The van der Waals surface area contributed by atoms with Gasteiger partial charge in [-0.15, -0.1) is 0 Å². The molecule has 1 heterocycles. The van der Waals surface area contributed by atoms with Crippen LogP contribution in [0.3, 0.4) is 0 Å². The summed E-state index contributed by atoms with van der Waals surface area (Å²) in [6.07, 6.45) is 0.983. The van der Waals surface area contributed by atoms with Crippen molar-refractivity contribution in [1.82, 2.24) is 4.98 Å². The van der Waals surface area contributed by atoms with Crippen LogP contribution in [0.4, 0.5) is 0 Å². The van der Waals surface area contributed by atoms with Gasteiger partial charge in [0.25, 0.3) is 0 Å². The first-order valence-corrected chi connectivity index (χ1v) is 7.22. The molecule has 3 unspecified atom stereocenters. The van der Waals surface area contributed by atoms with Crippen molar-refractivity contribution >= 4 is 20.0 Å². The van der Waals surface area contributed by atoms with E-state index in [1.165, 1.54) is 6.20 Å². The molecule has 0 saturated carbocycles. The maximum atomic E-state index is 11.5. The minimum Gasteiger partial charge on any atom is -0.481 e. The van der Waals surface area contributed by atoms with E-state index in [-0.39, 0.29) is 6.42 Å². The number of carboxylic acids is 2. The molecule has 1 aromatic rings. The topological polar surface area (TPSA) is 125 Å². The van der Waals surface area contributed by atoms with E-state index >= 15 is 0 Å². The van der Waals surface area contributed by atoms with Crippen LogP contribution in [0.15, 0.2) is 24.4 Å². The summed E-state index contributed by atoms with van der Waals surface area (Å²) >= 11 is 0. The lowest BCUT2D eigenvalue weighted by Gasteiger charge is -2.30. The molecule has 7 nitrogen and oxygen atoms in total. The monoisotopic (exact) mass is 301 g/mol. The molecule has 110 valence electrons. The standard InChI is InChI=1S/C12H16NO6P/c1-12(11(16)17,20(18)19)8(7-10(14)15)6-9-4-2-3-5-13-9/h2-5,8,20H,6-7H2,1H3,(H,14,15)(H,16,17)(H,18,19). The lowest BCUT2D eigenvalue weighted by molar-refractivity contribution is -0.143. The third-order valence-electron chi connectivity index (χ3n) is 3.31. The molecule has 3 atom stereocenters. The number of pyridine rings is 1. The maximum Gasteiger partial charge on any atom is 0.319 e. The fourth-order valence-electron chi connectivity index (χ4n) is 1.90. The van der Waals surface area contributed by atoms with Crippen LogP contribution < -0.4 is 0 Å². The number of hydrogen-bond acceptors (Lipinski definition) is 4. The number of aliphatic carboxylic acids is 2. The quantitative estimate of drug-likeness (QED) is 0.642. The summed E-state index contributed by atoms with van der Waals surface area (Å²) in [7, 11) is -3.47. The van der Waals surface area contributed by atoms with E-state index in [1.54, 1.807) is 18.2 Å². The zero-order valence-corrected chi connectivity index (χ0v) is 11.8. The number of rotatable bonds is 7. The van der Waals surface area contributed by atoms with E-state index in [4.69, 9.17) is 5.11 Å². The molecule has 0 aromatic carbocycles. The third-order valence-corrected chi connectivity index (χ3v) is 4.82. The summed E-state index contributed by atoms with van der Waals surface area (Å²) in [6, 6.07) is 4.97. The van der Waals surface area contributed by atoms with Gasteiger partial charge in [0, 0.05) is 11.9 Å². The molecule has 8 heteroatoms. The summed E-state index contributed by atoms with van der Waals surface area (Å²) in [5.41, 5.74) is 0.481. The van der Waals surface area contributed by atoms with E-state index in [1.807, 2.05) is 0 Å². The molecule has 0 aliphatic heterocycles. The van der Waals surface area contributed by atoms with Gasteiger partial charge >= 0.3 is 11.9 Å². The average Bonchev–Trinajstić information content (AvgIpc) is 2.37. The van der Waals surface area contributed by atoms with Gasteiger partial charge in [-0.25, -0.2) is 0 Å². The van der Waals surface area contributed by atoms with Crippen LogP contribution in [0.1, 0.15) is 19.0 Å². The molecule has 3 N–H and O–H groups in total. The van der Waals surface area contributed by atoms with Crippen LogP contribution >= 0.6 is 8.03 Å². The van der Waals surface area contributed by atoms with Crippen LogP contribution in [-0.2, 0) is 20.6 Å². The number of carboxylic acid groups (broad SMARTS) is 2. The molecule has 0 spiro atoms. The van der Waals surface area contributed by atoms with Crippen LogP contribution in [-0.4, -0.2) is 37.2 Å². The molecule has 0 radical (unpaired) electrons. The first-order chi connectivity index (χ1) is 9.28. The van der Waals surface area contributed by atoms with Crippen molar-refractivity contribution in [3.8, 4) is 0 Å². The minimum atomic E-state index is -3.47. The van der Waals surface area contributed by atoms with Gasteiger partial charge in [0.05, 0.1) is 6.42 Å². The molecule has 0 bridgehead atoms. The molecule has 0 amide bonds. The Labute approximate surface area is 116 Å². The molecule has 0 aliphatic carbocycles. The van der Waals surface area contributed by atoms with Crippen molar-refractivity contribution in [3.63, 3.8) is 0 Å². The highest BCUT2D eigenvalue weighted by Crippen LogP contribution is 2.44. The average molecular weight is 301 g/mol. The second-order valence-corrected chi connectivity index (χ2v) is 6.28. The Kier molecular flexibility index (Phi) is 5.42. The Balaban J connectivity index is 3.14. The van der Waals surface area contributed by atoms with E-state index in [0.717, 1.165) is 6.92 Å². The van der Waals surface area contributed by atoms with Crippen LogP contribution in [0, 0.1) is 5.92 Å². The molecule has 0 saturated heterocycles. The van der Waals surface area contributed by atoms with Crippen molar-refractivity contribution in [2.24, 2.45) is 5.92 Å². The molecule has 0 aliphatic rings. The first-order valence-electron chi connectivity index (χ1n) is 5.87. The van der Waals surface area contributed by atoms with Crippen LogP contribution in [0.5, 0.6) is 0 Å². The predicted octanol–water partition coefficient (Wildman–Crippen LogP) is 1.03. The predicted molar refractivity (Wildman–Crippen MR) is 70.9 cm³/mol. The Bertz CT molecular complexity index is 504. The molecule has 20 heavy (non-hydrogen) atoms. The summed E-state index contributed by atoms with van der Waals surface area (Å²) in [4.78, 5) is 35.6. The van der Waals surface area contributed by atoms with Crippen LogP contribution in [0.2, 0.25) is 0 Å². The first kappa shape index (κ1) is 16.3. The van der Waals surface area contributed by atoms with E-state index < -0.39 is 37.5 Å². The summed E-state index contributed by atoms with van der Waals surface area (Å²) < 4.78 is 11.5. The van der Waals surface area contributed by atoms with Crippen molar-refractivity contribution in [3.05, 3.63) is 30.1 Å². The molecular weight excluding hydrogens is 285 g/mol. The van der Waals surface area contributed by atoms with Crippen LogP contribution in [0.25, 0.3) is 0 Å². The van der Waals surface area contributed by atoms with Gasteiger partial charge < -0.3 is 15.1 Å². The molecular formula is C12H16NO6P. The lowest BCUT2D eigenvalue weighted by Crippen LogP contribution is -2.42. The molecule has 1 rings (SSSR count). The van der Waals surface area contributed by atoms with E-state index in [0.29, 0.717) is 5.69 Å². The van der Waals surface area contributed by atoms with E-state index in [9.17, 15) is 24.2 Å². The Morgan fingerprint density at radius 1 is 1.40 bits per heavy atom. The zero-order valence-electron chi connectivity index (χ0n) is 10.8. The summed E-state index contributed by atoms with van der Waals surface area (Å²) in [6.45, 7) is 1.10. The lowest BCUT2D eigenvalue weighted by atomic mass is 9.86. The highest BCUT2D eigenvalue weighted by Gasteiger charge is 2.47. The van der Waals surface area contributed by atoms with Gasteiger partial charge in [0.2, 0.25) is 8.03 Å². The van der Waals surface area contributed by atoms with Gasteiger partial charge in [0.15, 0.2) is 0 Å². The number of aromatic nitrogens is 1. The van der Waals surface area contributed by atoms with Gasteiger partial charge in [-0.2, -0.15) is 0 Å². The van der Waals surface area contributed by atoms with Crippen molar-refractivity contribution in [2.45, 2.75) is 24.9 Å². The summed E-state index contributed by atoms with van der Waals surface area (Å²) in [5.74, 6) is -3.73. The van der Waals surface area contributed by atoms with Gasteiger partial charge in [-0.3, -0.25) is 19.1 Å².